The normalized spacial score (nSPS) is 12.3. The molecule has 0 radical (unpaired) electrons. The molecule has 33 heavy (non-hydrogen) atoms. The second-order valence-corrected chi connectivity index (χ2v) is 9.66. The summed E-state index contributed by atoms with van der Waals surface area (Å²) in [5.41, 5.74) is 2.40. The summed E-state index contributed by atoms with van der Waals surface area (Å²) in [4.78, 5) is 34.8. The Morgan fingerprint density at radius 1 is 1.06 bits per heavy atom. The lowest BCUT2D eigenvalue weighted by atomic mass is 10.1. The van der Waals surface area contributed by atoms with Crippen LogP contribution in [0.4, 0.5) is 0 Å². The van der Waals surface area contributed by atoms with Crippen molar-refractivity contribution in [2.45, 2.75) is 40.2 Å². The molecular formula is C27H29N3O2S. The zero-order chi connectivity index (χ0) is 23.5. The first kappa shape index (κ1) is 22.9. The van der Waals surface area contributed by atoms with Crippen LogP contribution in [0, 0.1) is 12.8 Å². The van der Waals surface area contributed by atoms with Crippen molar-refractivity contribution in [3.63, 3.8) is 0 Å². The third kappa shape index (κ3) is 4.62. The Morgan fingerprint density at radius 2 is 1.79 bits per heavy atom. The first-order chi connectivity index (χ1) is 15.9. The Hall–Kier alpha value is -3.25. The third-order valence-corrected chi connectivity index (χ3v) is 6.57. The Balaban J connectivity index is 1.96. The molecule has 0 aliphatic carbocycles. The molecule has 0 saturated carbocycles. The van der Waals surface area contributed by atoms with Gasteiger partial charge in [0.05, 0.1) is 27.5 Å². The SMILES string of the molecule is CCC(c1nc2ccccc2c(=O)n1-c1ccc(C)cc1)N(CC(C)C)C(=O)c1cccs1. The molecule has 0 N–H and O–H groups in total. The molecule has 0 spiro atoms. The van der Waals surface area contributed by atoms with Gasteiger partial charge in [0.15, 0.2) is 0 Å². The van der Waals surface area contributed by atoms with Crippen LogP contribution in [0.3, 0.4) is 0 Å². The summed E-state index contributed by atoms with van der Waals surface area (Å²) in [7, 11) is 0. The van der Waals surface area contributed by atoms with Crippen LogP contribution in [0.1, 0.15) is 54.3 Å². The van der Waals surface area contributed by atoms with E-state index in [0.29, 0.717) is 34.6 Å². The van der Waals surface area contributed by atoms with Crippen molar-refractivity contribution in [1.82, 2.24) is 14.5 Å². The van der Waals surface area contributed by atoms with E-state index in [-0.39, 0.29) is 23.4 Å². The molecule has 170 valence electrons. The van der Waals surface area contributed by atoms with Crippen molar-refractivity contribution in [2.24, 2.45) is 5.92 Å². The highest BCUT2D eigenvalue weighted by Gasteiger charge is 2.30. The van der Waals surface area contributed by atoms with Crippen LogP contribution >= 0.6 is 11.3 Å². The maximum atomic E-state index is 13.7. The number of carbonyl (C=O) groups is 1. The standard InChI is InChI=1S/C27H29N3O2S/c1-5-23(29(17-18(2)3)27(32)24-11-8-16-33-24)25-28-22-10-7-6-9-21(22)26(31)30(25)20-14-12-19(4)13-15-20/h6-16,18,23H,5,17H2,1-4H3. The number of amides is 1. The topological polar surface area (TPSA) is 55.2 Å². The molecule has 0 fully saturated rings. The molecule has 2 aromatic carbocycles. The van der Waals surface area contributed by atoms with E-state index in [4.69, 9.17) is 4.98 Å². The van der Waals surface area contributed by atoms with Gasteiger partial charge in [-0.2, -0.15) is 0 Å². The van der Waals surface area contributed by atoms with Crippen molar-refractivity contribution in [1.29, 1.82) is 0 Å². The molecule has 1 unspecified atom stereocenters. The molecule has 0 bridgehead atoms. The molecule has 4 aromatic rings. The second kappa shape index (κ2) is 9.71. The van der Waals surface area contributed by atoms with Gasteiger partial charge in [0, 0.05) is 6.54 Å². The number of para-hydroxylation sites is 1. The second-order valence-electron chi connectivity index (χ2n) is 8.72. The number of thiophene rings is 1. The molecular weight excluding hydrogens is 430 g/mol. The minimum atomic E-state index is -0.347. The van der Waals surface area contributed by atoms with E-state index in [0.717, 1.165) is 11.3 Å². The van der Waals surface area contributed by atoms with Crippen LogP contribution < -0.4 is 5.56 Å². The van der Waals surface area contributed by atoms with Crippen molar-refractivity contribution >= 4 is 28.1 Å². The van der Waals surface area contributed by atoms with Gasteiger partial charge in [0.25, 0.3) is 11.5 Å². The van der Waals surface area contributed by atoms with E-state index >= 15 is 0 Å². The number of benzene rings is 2. The number of hydrogen-bond acceptors (Lipinski definition) is 4. The number of nitrogens with zero attached hydrogens (tertiary/aromatic N) is 3. The fraction of sp³-hybridized carbons (Fsp3) is 0.296. The predicted octanol–water partition coefficient (Wildman–Crippen LogP) is 6.01. The molecule has 1 atom stereocenters. The number of fused-ring (bicyclic) bond motifs is 1. The summed E-state index contributed by atoms with van der Waals surface area (Å²) < 4.78 is 1.69. The van der Waals surface area contributed by atoms with E-state index < -0.39 is 0 Å². The van der Waals surface area contributed by atoms with Gasteiger partial charge in [-0.3, -0.25) is 14.2 Å². The summed E-state index contributed by atoms with van der Waals surface area (Å²) in [5, 5.41) is 2.48. The highest BCUT2D eigenvalue weighted by Crippen LogP contribution is 2.29. The summed E-state index contributed by atoms with van der Waals surface area (Å²) in [6.45, 7) is 8.84. The van der Waals surface area contributed by atoms with Crippen LogP contribution in [-0.4, -0.2) is 26.9 Å². The molecule has 6 heteroatoms. The van der Waals surface area contributed by atoms with Gasteiger partial charge in [-0.1, -0.05) is 56.7 Å². The molecule has 0 aliphatic rings. The maximum absolute atomic E-state index is 13.7. The van der Waals surface area contributed by atoms with Gasteiger partial charge in [-0.15, -0.1) is 11.3 Å². The van der Waals surface area contributed by atoms with Crippen LogP contribution in [0.15, 0.2) is 70.8 Å². The van der Waals surface area contributed by atoms with Crippen LogP contribution in [0.2, 0.25) is 0 Å². The molecule has 0 aliphatic heterocycles. The van der Waals surface area contributed by atoms with Crippen molar-refractivity contribution in [3.8, 4) is 5.69 Å². The van der Waals surface area contributed by atoms with Gasteiger partial charge >= 0.3 is 0 Å². The molecule has 5 nitrogen and oxygen atoms in total. The zero-order valence-corrected chi connectivity index (χ0v) is 20.3. The van der Waals surface area contributed by atoms with Gasteiger partial charge in [-0.05, 0) is 55.0 Å². The van der Waals surface area contributed by atoms with Crippen LogP contribution in [0.5, 0.6) is 0 Å². The first-order valence-corrected chi connectivity index (χ1v) is 12.2. The fourth-order valence-corrected chi connectivity index (χ4v) is 4.82. The summed E-state index contributed by atoms with van der Waals surface area (Å²) >= 11 is 1.44. The Labute approximate surface area is 198 Å². The van der Waals surface area contributed by atoms with E-state index in [1.807, 2.05) is 84.8 Å². The lowest BCUT2D eigenvalue weighted by Crippen LogP contribution is -2.40. The molecule has 1 amide bonds. The molecule has 2 aromatic heterocycles. The first-order valence-electron chi connectivity index (χ1n) is 11.3. The van der Waals surface area contributed by atoms with E-state index in [9.17, 15) is 9.59 Å². The van der Waals surface area contributed by atoms with Gasteiger partial charge < -0.3 is 4.90 Å². The third-order valence-electron chi connectivity index (χ3n) is 5.71. The summed E-state index contributed by atoms with van der Waals surface area (Å²) in [6, 6.07) is 18.7. The van der Waals surface area contributed by atoms with Gasteiger partial charge in [0.2, 0.25) is 0 Å². The number of rotatable bonds is 7. The quantitative estimate of drug-likeness (QED) is 0.340. The lowest BCUT2D eigenvalue weighted by molar-refractivity contribution is 0.0636. The van der Waals surface area contributed by atoms with Gasteiger partial charge in [-0.25, -0.2) is 4.98 Å². The average molecular weight is 460 g/mol. The smallest absolute Gasteiger partial charge is 0.266 e. The number of aromatic nitrogens is 2. The number of aryl methyl sites for hydroxylation is 1. The van der Waals surface area contributed by atoms with Crippen LogP contribution in [-0.2, 0) is 0 Å². The van der Waals surface area contributed by atoms with Crippen LogP contribution in [0.25, 0.3) is 16.6 Å². The van der Waals surface area contributed by atoms with Gasteiger partial charge in [0.1, 0.15) is 5.82 Å². The van der Waals surface area contributed by atoms with E-state index in [2.05, 4.69) is 13.8 Å². The monoisotopic (exact) mass is 459 g/mol. The highest BCUT2D eigenvalue weighted by atomic mass is 32.1. The van der Waals surface area contributed by atoms with E-state index in [1.165, 1.54) is 11.3 Å². The highest BCUT2D eigenvalue weighted by molar-refractivity contribution is 7.12. The average Bonchev–Trinajstić information content (AvgIpc) is 3.34. The summed E-state index contributed by atoms with van der Waals surface area (Å²) in [6.07, 6.45) is 0.639. The maximum Gasteiger partial charge on any atom is 0.266 e. The predicted molar refractivity (Wildman–Crippen MR) is 135 cm³/mol. The van der Waals surface area contributed by atoms with Crippen molar-refractivity contribution in [2.75, 3.05) is 6.54 Å². The van der Waals surface area contributed by atoms with Crippen molar-refractivity contribution in [3.05, 3.63) is 92.7 Å². The summed E-state index contributed by atoms with van der Waals surface area (Å²) in [5.74, 6) is 0.835. The Kier molecular flexibility index (Phi) is 6.75. The largest absolute Gasteiger partial charge is 0.327 e. The van der Waals surface area contributed by atoms with E-state index in [1.54, 1.807) is 4.57 Å². The minimum absolute atomic E-state index is 0.0246. The number of hydrogen-bond donors (Lipinski definition) is 0. The Morgan fingerprint density at radius 3 is 2.42 bits per heavy atom. The molecule has 0 saturated heterocycles. The fourth-order valence-electron chi connectivity index (χ4n) is 4.15. The molecule has 4 rings (SSSR count). The zero-order valence-electron chi connectivity index (χ0n) is 19.5. The number of carbonyl (C=O) groups excluding carboxylic acids is 1. The lowest BCUT2D eigenvalue weighted by Gasteiger charge is -2.33. The minimum Gasteiger partial charge on any atom is -0.327 e. The van der Waals surface area contributed by atoms with Crippen molar-refractivity contribution < 1.29 is 4.79 Å². The Bertz CT molecular complexity index is 1310. The molecule has 2 heterocycles.